The molecule has 0 N–H and O–H groups in total. The molecular weight excluding hydrogens is 1300 g/mol. The molecule has 0 heterocycles. The van der Waals surface area contributed by atoms with E-state index in [0.717, 1.165) is 6.29 Å². The molecule has 2 rings (SSSR count). The molecule has 2 aromatic carbocycles. The molecule has 0 saturated carbocycles. The summed E-state index contributed by atoms with van der Waals surface area (Å²) in [4.78, 5) is 81.3. The zero-order chi connectivity index (χ0) is 56.8. The minimum atomic E-state index is -1.04. The first kappa shape index (κ1) is 72.6. The summed E-state index contributed by atoms with van der Waals surface area (Å²) >= 11 is 16.1. The molecule has 0 bridgehead atoms. The second kappa shape index (κ2) is 32.3. The summed E-state index contributed by atoms with van der Waals surface area (Å²) in [5, 5.41) is 0. The summed E-state index contributed by atoms with van der Waals surface area (Å²) in [5.74, 6) is -0.0392. The van der Waals surface area contributed by atoms with Crippen LogP contribution in [-0.2, 0) is 57.2 Å². The van der Waals surface area contributed by atoms with Crippen LogP contribution in [-0.4, -0.2) is 130 Å². The highest BCUT2D eigenvalue weighted by Crippen LogP contribution is 2.32. The molecule has 74 heavy (non-hydrogen) atoms. The maximum absolute atomic E-state index is 11.9. The van der Waals surface area contributed by atoms with Crippen LogP contribution in [0.1, 0.15) is 111 Å². The Morgan fingerprint density at radius 1 is 0.419 bits per heavy atom. The van der Waals surface area contributed by atoms with Gasteiger partial charge in [-0.1, -0.05) is 87.1 Å². The highest BCUT2D eigenvalue weighted by Gasteiger charge is 2.35. The van der Waals surface area contributed by atoms with Gasteiger partial charge in [0.25, 0.3) is 0 Å². The van der Waals surface area contributed by atoms with E-state index in [-0.39, 0.29) is 89.5 Å². The van der Waals surface area contributed by atoms with E-state index in [4.69, 9.17) is 52.1 Å². The molecule has 0 aliphatic rings. The number of halogens is 5. The van der Waals surface area contributed by atoms with Crippen molar-refractivity contribution in [2.45, 2.75) is 138 Å². The van der Waals surface area contributed by atoms with Gasteiger partial charge in [-0.3, -0.25) is 28.8 Å². The van der Waals surface area contributed by atoms with Crippen molar-refractivity contribution in [3.8, 4) is 34.5 Å². The van der Waals surface area contributed by atoms with Crippen LogP contribution in [0.15, 0.2) is 36.4 Å². The monoisotopic (exact) mass is 1370 g/mol. The Labute approximate surface area is 478 Å². The average Bonchev–Trinajstić information content (AvgIpc) is 3.25. The lowest BCUT2D eigenvalue weighted by Crippen LogP contribution is -2.44. The number of methoxy groups -OCH3 is 2. The number of ether oxygens (including phenoxy) is 11. The predicted molar refractivity (Wildman–Crippen MR) is 298 cm³/mol. The number of hydrogen-bond donors (Lipinski definition) is 0. The number of aldehydes is 1. The molecule has 0 aliphatic heterocycles. The maximum Gasteiger partial charge on any atom is 0.327 e. The maximum atomic E-state index is 11.9. The standard InChI is InChI=1S/C19H26Br2O7.C16H21BrO5.C15H24Br2O6.CH4/c1-18(2,20)16(22)27-8-6-25-14-10-13(24-5)11-15(12-14)26-7-9-28-17(23)19(3,4)21;1-15(2,3)13(18)21-11-7-10(20-6)8-12(9-11)22-14(19)16(4,5)17;1-13(2,16)11(19)21-9-15(5,23-8-6-7-18)10-22-12(20)14(3,4)17;/h10-12H,6-9H2,1-5H3;7-9H,1-6H3;7H,6,8-10H2,1-5H3;1H4. The molecule has 0 spiro atoms. The number of benzene rings is 2. The molecule has 0 saturated heterocycles. The molecule has 0 fully saturated rings. The van der Waals surface area contributed by atoms with Crippen molar-refractivity contribution in [1.29, 1.82) is 0 Å². The van der Waals surface area contributed by atoms with Gasteiger partial charge in [-0.25, -0.2) is 0 Å². The molecule has 2 aromatic rings. The van der Waals surface area contributed by atoms with Gasteiger partial charge in [0.2, 0.25) is 0 Å². The zero-order valence-electron chi connectivity index (χ0n) is 44.4. The molecule has 0 amide bonds. The van der Waals surface area contributed by atoms with Gasteiger partial charge < -0.3 is 56.9 Å². The smallest absolute Gasteiger partial charge is 0.327 e. The lowest BCUT2D eigenvalue weighted by Gasteiger charge is -2.30. The van der Waals surface area contributed by atoms with E-state index in [2.05, 4.69) is 79.6 Å². The summed E-state index contributed by atoms with van der Waals surface area (Å²) in [7, 11) is 3.01. The largest absolute Gasteiger partial charge is 0.496 e. The SMILES string of the molecule is C.CC(COC(=O)C(C)(C)Br)(COC(=O)C(C)(C)Br)OCCC=O.COc1cc(OC(=O)C(C)(C)C)cc(OC(=O)C(C)(C)Br)c1.COc1cc(OCCOC(=O)C(C)(C)Br)cc(OCCOC(=O)C(C)(C)Br)c1. The van der Waals surface area contributed by atoms with Gasteiger partial charge in [-0.2, -0.15) is 0 Å². The van der Waals surface area contributed by atoms with Crippen LogP contribution in [0.2, 0.25) is 0 Å². The van der Waals surface area contributed by atoms with E-state index in [1.54, 1.807) is 127 Å². The minimum Gasteiger partial charge on any atom is -0.496 e. The molecular formula is C51H75Br5O18. The predicted octanol–water partition coefficient (Wildman–Crippen LogP) is 11.0. The van der Waals surface area contributed by atoms with Crippen molar-refractivity contribution in [2.24, 2.45) is 5.41 Å². The van der Waals surface area contributed by atoms with Gasteiger partial charge in [0.1, 0.15) is 108 Å². The Balaban J connectivity index is 0. The van der Waals surface area contributed by atoms with Crippen molar-refractivity contribution in [3.05, 3.63) is 36.4 Å². The number of rotatable bonds is 25. The molecule has 422 valence electrons. The van der Waals surface area contributed by atoms with Gasteiger partial charge in [-0.05, 0) is 96.9 Å². The molecule has 0 unspecified atom stereocenters. The van der Waals surface area contributed by atoms with Gasteiger partial charge in [-0.15, -0.1) is 0 Å². The van der Waals surface area contributed by atoms with Crippen LogP contribution in [0, 0.1) is 5.41 Å². The van der Waals surface area contributed by atoms with Crippen molar-refractivity contribution in [1.82, 2.24) is 0 Å². The van der Waals surface area contributed by atoms with Crippen LogP contribution >= 0.6 is 79.6 Å². The number of carbonyl (C=O) groups is 7. The Bertz CT molecular complexity index is 1990. The molecule has 0 aliphatic carbocycles. The normalized spacial score (nSPS) is 11.8. The van der Waals surface area contributed by atoms with Crippen LogP contribution in [0.25, 0.3) is 0 Å². The van der Waals surface area contributed by atoms with Crippen LogP contribution in [0.3, 0.4) is 0 Å². The third kappa shape index (κ3) is 30.9. The molecule has 0 radical (unpaired) electrons. The van der Waals surface area contributed by atoms with E-state index >= 15 is 0 Å². The molecule has 23 heteroatoms. The molecule has 0 atom stereocenters. The fourth-order valence-corrected chi connectivity index (χ4v) is 4.83. The van der Waals surface area contributed by atoms with E-state index in [1.807, 2.05) is 0 Å². The van der Waals surface area contributed by atoms with Crippen molar-refractivity contribution >= 4 is 122 Å². The summed E-state index contributed by atoms with van der Waals surface area (Å²) in [6.45, 7) is 24.3. The molecule has 0 aromatic heterocycles. The number of esters is 6. The zero-order valence-corrected chi connectivity index (χ0v) is 52.4. The first-order valence-corrected chi connectivity index (χ1v) is 26.4. The second-order valence-corrected chi connectivity index (χ2v) is 29.4. The lowest BCUT2D eigenvalue weighted by atomic mass is 9.97. The van der Waals surface area contributed by atoms with Gasteiger partial charge in [0, 0.05) is 42.8 Å². The summed E-state index contributed by atoms with van der Waals surface area (Å²) in [6.07, 6.45) is 0.924. The third-order valence-electron chi connectivity index (χ3n) is 8.51. The summed E-state index contributed by atoms with van der Waals surface area (Å²) < 4.78 is 54.4. The lowest BCUT2D eigenvalue weighted by molar-refractivity contribution is -0.170. The van der Waals surface area contributed by atoms with Gasteiger partial charge in [0.05, 0.1) is 26.2 Å². The topological polar surface area (TPSA) is 221 Å². The fourth-order valence-electron chi connectivity index (χ4n) is 4.29. The van der Waals surface area contributed by atoms with Crippen LogP contribution < -0.4 is 28.4 Å². The Morgan fingerprint density at radius 3 is 1.03 bits per heavy atom. The Morgan fingerprint density at radius 2 is 0.716 bits per heavy atom. The van der Waals surface area contributed by atoms with Gasteiger partial charge in [0.15, 0.2) is 0 Å². The van der Waals surface area contributed by atoms with Crippen molar-refractivity contribution in [3.63, 3.8) is 0 Å². The van der Waals surface area contributed by atoms with Crippen LogP contribution in [0.5, 0.6) is 34.5 Å². The fraction of sp³-hybridized carbons (Fsp3) is 0.627. The number of hydrogen-bond acceptors (Lipinski definition) is 18. The highest BCUT2D eigenvalue weighted by molar-refractivity contribution is 9.11. The summed E-state index contributed by atoms with van der Waals surface area (Å²) in [6, 6.07) is 9.64. The second-order valence-electron chi connectivity index (χ2n) is 19.5. The Hall–Kier alpha value is -3.51. The van der Waals surface area contributed by atoms with E-state index in [9.17, 15) is 33.6 Å². The third-order valence-corrected chi connectivity index (χ3v) is 10.1. The number of carbonyl (C=O) groups excluding carboxylic acids is 7. The Kier molecular flexibility index (Phi) is 31.7. The first-order chi connectivity index (χ1) is 33.2. The van der Waals surface area contributed by atoms with Gasteiger partial charge >= 0.3 is 35.8 Å². The van der Waals surface area contributed by atoms with Crippen molar-refractivity contribution in [2.75, 3.05) is 60.5 Å². The number of alkyl halides is 5. The molecule has 18 nitrogen and oxygen atoms in total. The van der Waals surface area contributed by atoms with E-state index in [0.29, 0.717) is 23.0 Å². The van der Waals surface area contributed by atoms with E-state index < -0.39 is 50.5 Å². The first-order valence-electron chi connectivity index (χ1n) is 22.5. The van der Waals surface area contributed by atoms with Crippen molar-refractivity contribution < 1.29 is 85.7 Å². The average molecular weight is 1380 g/mol. The quantitative estimate of drug-likeness (QED) is 0.0225. The summed E-state index contributed by atoms with van der Waals surface area (Å²) in [5.41, 5.74) is -1.68. The van der Waals surface area contributed by atoms with E-state index in [1.165, 1.54) is 20.3 Å². The minimum absolute atomic E-state index is 0. The highest BCUT2D eigenvalue weighted by atomic mass is 79.9. The van der Waals surface area contributed by atoms with Crippen LogP contribution in [0.4, 0.5) is 0 Å².